The minimum absolute atomic E-state index is 0.205. The molecule has 1 aliphatic heterocycles. The van der Waals surface area contributed by atoms with Crippen molar-refractivity contribution in [3.8, 4) is 0 Å². The first kappa shape index (κ1) is 17.2. The summed E-state index contributed by atoms with van der Waals surface area (Å²) in [5.41, 5.74) is 4.48. The topological polar surface area (TPSA) is 54.4 Å². The van der Waals surface area contributed by atoms with E-state index >= 15 is 0 Å². The number of fused-ring (bicyclic) bond motifs is 1. The summed E-state index contributed by atoms with van der Waals surface area (Å²) in [4.78, 5) is 21.8. The Kier molecular flexibility index (Phi) is 4.53. The quantitative estimate of drug-likeness (QED) is 0.612. The maximum absolute atomic E-state index is 12.3. The Morgan fingerprint density at radius 3 is 2.81 bits per heavy atom. The predicted octanol–water partition coefficient (Wildman–Crippen LogP) is 5.69. The monoisotopic (exact) mass is 401 g/mol. The molecule has 130 valence electrons. The minimum atomic E-state index is -0.205. The van der Waals surface area contributed by atoms with E-state index in [1.165, 1.54) is 11.3 Å². The van der Waals surface area contributed by atoms with Gasteiger partial charge in [-0.25, -0.2) is 9.98 Å². The SMILES string of the molecule is Cc1cnc2c(c1)CC(c1cc(NC(=O)c3ccc(Cl)s3)ccc1Cl)=N2. The average Bonchev–Trinajstić information content (AvgIpc) is 3.22. The Bertz CT molecular complexity index is 1060. The highest BCUT2D eigenvalue weighted by Gasteiger charge is 2.20. The summed E-state index contributed by atoms with van der Waals surface area (Å²) in [5, 5.41) is 3.46. The molecule has 26 heavy (non-hydrogen) atoms. The van der Waals surface area contributed by atoms with Crippen LogP contribution in [0.2, 0.25) is 9.36 Å². The van der Waals surface area contributed by atoms with Gasteiger partial charge >= 0.3 is 0 Å². The summed E-state index contributed by atoms with van der Waals surface area (Å²) >= 11 is 13.5. The first-order valence-electron chi connectivity index (χ1n) is 7.89. The first-order valence-corrected chi connectivity index (χ1v) is 9.46. The Morgan fingerprint density at radius 1 is 1.19 bits per heavy atom. The van der Waals surface area contributed by atoms with Crippen LogP contribution in [0.15, 0.2) is 47.6 Å². The number of benzene rings is 1. The third-order valence-corrected chi connectivity index (χ3v) is 5.57. The van der Waals surface area contributed by atoms with E-state index < -0.39 is 0 Å². The number of pyridine rings is 1. The number of anilines is 1. The third kappa shape index (κ3) is 3.38. The Hall–Kier alpha value is -2.21. The number of nitrogens with one attached hydrogen (secondary N) is 1. The number of rotatable bonds is 3. The smallest absolute Gasteiger partial charge is 0.265 e. The number of carbonyl (C=O) groups excluding carboxylic acids is 1. The molecule has 0 aliphatic carbocycles. The highest BCUT2D eigenvalue weighted by molar-refractivity contribution is 7.18. The molecule has 7 heteroatoms. The van der Waals surface area contributed by atoms with E-state index in [2.05, 4.69) is 21.4 Å². The molecule has 4 nitrogen and oxygen atoms in total. The normalized spacial score (nSPS) is 12.7. The van der Waals surface area contributed by atoms with Crippen LogP contribution < -0.4 is 5.32 Å². The van der Waals surface area contributed by atoms with Gasteiger partial charge in [0, 0.05) is 34.5 Å². The molecule has 2 aromatic heterocycles. The van der Waals surface area contributed by atoms with Gasteiger partial charge in [-0.15, -0.1) is 11.3 Å². The van der Waals surface area contributed by atoms with Crippen molar-refractivity contribution in [3.05, 3.63) is 73.5 Å². The third-order valence-electron chi connectivity index (χ3n) is 4.01. The van der Waals surface area contributed by atoms with Gasteiger partial charge in [0.1, 0.15) is 0 Å². The molecule has 0 saturated heterocycles. The van der Waals surface area contributed by atoms with E-state index in [9.17, 15) is 4.79 Å². The van der Waals surface area contributed by atoms with Crippen molar-refractivity contribution < 1.29 is 4.79 Å². The Morgan fingerprint density at radius 2 is 2.04 bits per heavy atom. The van der Waals surface area contributed by atoms with E-state index in [4.69, 9.17) is 23.2 Å². The van der Waals surface area contributed by atoms with Crippen LogP contribution in [0.4, 0.5) is 11.5 Å². The molecule has 3 aromatic rings. The Balaban J connectivity index is 1.60. The molecule has 0 unspecified atom stereocenters. The van der Waals surface area contributed by atoms with Crippen LogP contribution in [-0.2, 0) is 6.42 Å². The van der Waals surface area contributed by atoms with Crippen molar-refractivity contribution in [1.82, 2.24) is 4.98 Å². The maximum Gasteiger partial charge on any atom is 0.265 e. The number of thiophene rings is 1. The molecule has 3 heterocycles. The van der Waals surface area contributed by atoms with Crippen LogP contribution in [-0.4, -0.2) is 16.6 Å². The number of hydrogen-bond acceptors (Lipinski definition) is 4. The molecule has 0 atom stereocenters. The highest BCUT2D eigenvalue weighted by atomic mass is 35.5. The van der Waals surface area contributed by atoms with Crippen molar-refractivity contribution in [2.24, 2.45) is 4.99 Å². The summed E-state index contributed by atoms with van der Waals surface area (Å²) < 4.78 is 0.577. The van der Waals surface area contributed by atoms with Crippen molar-refractivity contribution in [3.63, 3.8) is 0 Å². The maximum atomic E-state index is 12.3. The number of amides is 1. The number of halogens is 2. The van der Waals surface area contributed by atoms with E-state index in [1.807, 2.05) is 13.0 Å². The standard InChI is InChI=1S/C19H13Cl2N3OS/c1-10-6-11-7-15(24-18(11)22-9-10)13-8-12(2-3-14(13)20)23-19(25)16-4-5-17(21)26-16/h2-6,8-9H,7H2,1H3,(H,23,25). The van der Waals surface area contributed by atoms with Crippen molar-refractivity contribution >= 4 is 57.7 Å². The number of aliphatic imine (C=N–C) groups is 1. The van der Waals surface area contributed by atoms with Gasteiger partial charge in [-0.2, -0.15) is 0 Å². The zero-order valence-corrected chi connectivity index (χ0v) is 16.0. The summed E-state index contributed by atoms with van der Waals surface area (Å²) in [6, 6.07) is 10.9. The van der Waals surface area contributed by atoms with Gasteiger partial charge in [0.05, 0.1) is 14.9 Å². The lowest BCUT2D eigenvalue weighted by Crippen LogP contribution is -2.11. The first-order chi connectivity index (χ1) is 12.5. The van der Waals surface area contributed by atoms with Crippen LogP contribution in [0.5, 0.6) is 0 Å². The summed E-state index contributed by atoms with van der Waals surface area (Å²) in [5.74, 6) is 0.522. The lowest BCUT2D eigenvalue weighted by atomic mass is 10.0. The van der Waals surface area contributed by atoms with Gasteiger partial charge in [0.2, 0.25) is 0 Å². The lowest BCUT2D eigenvalue weighted by Gasteiger charge is -2.09. The van der Waals surface area contributed by atoms with Gasteiger partial charge in [-0.3, -0.25) is 4.79 Å². The second-order valence-electron chi connectivity index (χ2n) is 5.98. The fraction of sp³-hybridized carbons (Fsp3) is 0.105. The molecule has 0 radical (unpaired) electrons. The molecule has 0 bridgehead atoms. The molecule has 1 amide bonds. The van der Waals surface area contributed by atoms with Crippen molar-refractivity contribution in [2.45, 2.75) is 13.3 Å². The molecule has 1 aromatic carbocycles. The molecule has 4 rings (SSSR count). The molecule has 0 saturated carbocycles. The van der Waals surface area contributed by atoms with Gasteiger partial charge in [-0.05, 0) is 42.8 Å². The fourth-order valence-corrected chi connectivity index (χ4v) is 3.97. The van der Waals surface area contributed by atoms with E-state index in [0.717, 1.165) is 28.2 Å². The largest absolute Gasteiger partial charge is 0.321 e. The van der Waals surface area contributed by atoms with E-state index in [1.54, 1.807) is 30.5 Å². The fourth-order valence-electron chi connectivity index (χ4n) is 2.81. The highest BCUT2D eigenvalue weighted by Crippen LogP contribution is 2.31. The van der Waals surface area contributed by atoms with Crippen LogP contribution >= 0.6 is 34.5 Å². The second-order valence-corrected chi connectivity index (χ2v) is 8.11. The zero-order chi connectivity index (χ0) is 18.3. The molecular weight excluding hydrogens is 389 g/mol. The van der Waals surface area contributed by atoms with Crippen molar-refractivity contribution in [1.29, 1.82) is 0 Å². The summed E-state index contributed by atoms with van der Waals surface area (Å²) in [6.07, 6.45) is 2.47. The van der Waals surface area contributed by atoms with Gasteiger partial charge in [0.25, 0.3) is 5.91 Å². The van der Waals surface area contributed by atoms with Gasteiger partial charge < -0.3 is 5.32 Å². The van der Waals surface area contributed by atoms with E-state index in [-0.39, 0.29) is 5.91 Å². The molecule has 1 aliphatic rings. The number of aryl methyl sites for hydroxylation is 1. The number of aromatic nitrogens is 1. The number of carbonyl (C=O) groups is 1. The van der Waals surface area contributed by atoms with Crippen LogP contribution in [0.1, 0.15) is 26.4 Å². The molecule has 0 spiro atoms. The molecule has 1 N–H and O–H groups in total. The summed E-state index contributed by atoms with van der Waals surface area (Å²) in [6.45, 7) is 2.01. The van der Waals surface area contributed by atoms with Crippen LogP contribution in [0.25, 0.3) is 0 Å². The van der Waals surface area contributed by atoms with Crippen LogP contribution in [0, 0.1) is 6.92 Å². The number of hydrogen-bond donors (Lipinski definition) is 1. The van der Waals surface area contributed by atoms with Crippen molar-refractivity contribution in [2.75, 3.05) is 5.32 Å². The predicted molar refractivity (Wildman–Crippen MR) is 108 cm³/mol. The Labute approximate surface area is 164 Å². The molecule has 0 fully saturated rings. The minimum Gasteiger partial charge on any atom is -0.321 e. The lowest BCUT2D eigenvalue weighted by molar-refractivity contribution is 0.103. The van der Waals surface area contributed by atoms with Crippen LogP contribution in [0.3, 0.4) is 0 Å². The van der Waals surface area contributed by atoms with Gasteiger partial charge in [0.15, 0.2) is 5.82 Å². The average molecular weight is 402 g/mol. The van der Waals surface area contributed by atoms with E-state index in [0.29, 0.717) is 26.3 Å². The zero-order valence-electron chi connectivity index (χ0n) is 13.7. The number of nitrogens with zero attached hydrogens (tertiary/aromatic N) is 2. The van der Waals surface area contributed by atoms with Gasteiger partial charge in [-0.1, -0.05) is 29.3 Å². The second kappa shape index (κ2) is 6.83. The summed E-state index contributed by atoms with van der Waals surface area (Å²) in [7, 11) is 0. The molecular formula is C19H13Cl2N3OS.